The molecule has 0 radical (unpaired) electrons. The van der Waals surface area contributed by atoms with Gasteiger partial charge >= 0.3 is 0 Å². The van der Waals surface area contributed by atoms with E-state index in [9.17, 15) is 8.42 Å². The highest BCUT2D eigenvalue weighted by Crippen LogP contribution is 2.20. The van der Waals surface area contributed by atoms with Crippen molar-refractivity contribution in [1.29, 1.82) is 0 Å². The Morgan fingerprint density at radius 1 is 1.28 bits per heavy atom. The lowest BCUT2D eigenvalue weighted by Crippen LogP contribution is -2.29. The van der Waals surface area contributed by atoms with Crippen LogP contribution in [0.15, 0.2) is 29.2 Å². The maximum absolute atomic E-state index is 11.7. The molecule has 0 aliphatic heterocycles. The highest BCUT2D eigenvalue weighted by Gasteiger charge is 2.22. The molecule has 100 valence electrons. The van der Waals surface area contributed by atoms with E-state index in [1.807, 2.05) is 12.1 Å². The molecule has 1 saturated carbocycles. The first-order valence-electron chi connectivity index (χ1n) is 6.59. The fourth-order valence-electron chi connectivity index (χ4n) is 2.06. The van der Waals surface area contributed by atoms with Gasteiger partial charge in [-0.3, -0.25) is 0 Å². The van der Waals surface area contributed by atoms with E-state index in [4.69, 9.17) is 0 Å². The molecule has 0 bridgehead atoms. The number of hydrogen-bond donors (Lipinski definition) is 1. The summed E-state index contributed by atoms with van der Waals surface area (Å²) >= 11 is 0. The number of rotatable bonds is 6. The Labute approximate surface area is 110 Å². The van der Waals surface area contributed by atoms with Crippen LogP contribution in [0.1, 0.15) is 32.3 Å². The Morgan fingerprint density at radius 2 is 1.89 bits per heavy atom. The summed E-state index contributed by atoms with van der Waals surface area (Å²) in [6, 6.07) is 8.45. The smallest absolute Gasteiger partial charge is 0.178 e. The maximum atomic E-state index is 11.7. The normalized spacial score (nSPS) is 17.7. The lowest BCUT2D eigenvalue weighted by atomic mass is 10.1. The first-order valence-corrected chi connectivity index (χ1v) is 8.24. The second kappa shape index (κ2) is 5.41. The van der Waals surface area contributed by atoms with Gasteiger partial charge in [-0.25, -0.2) is 8.42 Å². The topological polar surface area (TPSA) is 46.2 Å². The molecule has 0 amide bonds. The summed E-state index contributed by atoms with van der Waals surface area (Å²) in [5.74, 6) is 0.159. The Bertz CT molecular complexity index is 489. The van der Waals surface area contributed by atoms with Gasteiger partial charge < -0.3 is 5.32 Å². The van der Waals surface area contributed by atoms with Crippen molar-refractivity contribution >= 4 is 9.84 Å². The monoisotopic (exact) mass is 267 g/mol. The van der Waals surface area contributed by atoms with Gasteiger partial charge in [0.15, 0.2) is 9.84 Å². The van der Waals surface area contributed by atoms with Crippen molar-refractivity contribution in [2.75, 3.05) is 5.75 Å². The van der Waals surface area contributed by atoms with E-state index < -0.39 is 9.84 Å². The van der Waals surface area contributed by atoms with Gasteiger partial charge in [-0.2, -0.15) is 0 Å². The fraction of sp³-hybridized carbons (Fsp3) is 0.571. The highest BCUT2D eigenvalue weighted by atomic mass is 32.2. The molecule has 3 nitrogen and oxygen atoms in total. The molecule has 4 heteroatoms. The second-order valence-electron chi connectivity index (χ2n) is 5.09. The van der Waals surface area contributed by atoms with Crippen LogP contribution in [0.25, 0.3) is 0 Å². The van der Waals surface area contributed by atoms with E-state index in [1.165, 1.54) is 18.4 Å². The molecule has 1 aliphatic rings. The Kier molecular flexibility index (Phi) is 4.07. The molecule has 1 atom stereocenters. The van der Waals surface area contributed by atoms with Crippen LogP contribution in [0.5, 0.6) is 0 Å². The minimum Gasteiger partial charge on any atom is -0.311 e. The van der Waals surface area contributed by atoms with E-state index in [1.54, 1.807) is 19.1 Å². The summed E-state index contributed by atoms with van der Waals surface area (Å²) in [5.41, 5.74) is 1.19. The van der Waals surface area contributed by atoms with Gasteiger partial charge in [0.05, 0.1) is 10.6 Å². The third-order valence-corrected chi connectivity index (χ3v) is 5.05. The minimum atomic E-state index is -3.07. The van der Waals surface area contributed by atoms with Crippen LogP contribution >= 0.6 is 0 Å². The average molecular weight is 267 g/mol. The van der Waals surface area contributed by atoms with Crippen LogP contribution in [0.4, 0.5) is 0 Å². The molecule has 1 aliphatic carbocycles. The van der Waals surface area contributed by atoms with E-state index in [0.29, 0.717) is 17.0 Å². The Morgan fingerprint density at radius 3 is 2.39 bits per heavy atom. The lowest BCUT2D eigenvalue weighted by Gasteiger charge is -2.13. The highest BCUT2D eigenvalue weighted by molar-refractivity contribution is 7.91. The molecule has 0 spiro atoms. The van der Waals surface area contributed by atoms with Crippen LogP contribution in [-0.2, 0) is 16.3 Å². The summed E-state index contributed by atoms with van der Waals surface area (Å²) < 4.78 is 23.4. The van der Waals surface area contributed by atoms with Crippen molar-refractivity contribution in [2.45, 2.75) is 50.1 Å². The zero-order chi connectivity index (χ0) is 13.2. The zero-order valence-electron chi connectivity index (χ0n) is 11.0. The molecular formula is C14H21NO2S. The number of benzene rings is 1. The predicted octanol–water partition coefficient (Wildman–Crippen LogP) is 2.16. The van der Waals surface area contributed by atoms with Crippen molar-refractivity contribution in [1.82, 2.24) is 5.32 Å². The maximum Gasteiger partial charge on any atom is 0.178 e. The molecule has 0 aromatic heterocycles. The molecule has 1 unspecified atom stereocenters. The zero-order valence-corrected chi connectivity index (χ0v) is 11.8. The minimum absolute atomic E-state index is 0.159. The Balaban J connectivity index is 1.98. The van der Waals surface area contributed by atoms with Crippen molar-refractivity contribution in [3.05, 3.63) is 29.8 Å². The molecule has 0 heterocycles. The molecular weight excluding hydrogens is 246 g/mol. The summed E-state index contributed by atoms with van der Waals surface area (Å²) in [6.45, 7) is 3.85. The molecule has 2 rings (SSSR count). The van der Waals surface area contributed by atoms with Gasteiger partial charge in [-0.1, -0.05) is 19.1 Å². The van der Waals surface area contributed by atoms with Crippen LogP contribution in [0.2, 0.25) is 0 Å². The number of hydrogen-bond acceptors (Lipinski definition) is 3. The third kappa shape index (κ3) is 3.56. The summed E-state index contributed by atoms with van der Waals surface area (Å²) in [6.07, 6.45) is 3.53. The van der Waals surface area contributed by atoms with Crippen molar-refractivity contribution < 1.29 is 8.42 Å². The van der Waals surface area contributed by atoms with Gasteiger partial charge in [0.25, 0.3) is 0 Å². The van der Waals surface area contributed by atoms with Crippen LogP contribution in [-0.4, -0.2) is 26.3 Å². The summed E-state index contributed by atoms with van der Waals surface area (Å²) in [4.78, 5) is 0.427. The molecule has 1 aromatic carbocycles. The van der Waals surface area contributed by atoms with Crippen molar-refractivity contribution in [3.63, 3.8) is 0 Å². The van der Waals surface area contributed by atoms with Crippen LogP contribution in [0.3, 0.4) is 0 Å². The fourth-order valence-corrected chi connectivity index (χ4v) is 2.95. The van der Waals surface area contributed by atoms with Gasteiger partial charge in [0, 0.05) is 12.1 Å². The average Bonchev–Trinajstić information content (AvgIpc) is 3.13. The number of nitrogens with one attached hydrogen (secondary N) is 1. The Hall–Kier alpha value is -0.870. The molecule has 18 heavy (non-hydrogen) atoms. The van der Waals surface area contributed by atoms with E-state index in [-0.39, 0.29) is 5.75 Å². The molecule has 1 fully saturated rings. The first-order chi connectivity index (χ1) is 8.51. The van der Waals surface area contributed by atoms with E-state index >= 15 is 0 Å². The van der Waals surface area contributed by atoms with Gasteiger partial charge in [0.2, 0.25) is 0 Å². The van der Waals surface area contributed by atoms with Gasteiger partial charge in [-0.05, 0) is 43.9 Å². The molecule has 1 aromatic rings. The third-order valence-electron chi connectivity index (χ3n) is 3.30. The largest absolute Gasteiger partial charge is 0.311 e. The summed E-state index contributed by atoms with van der Waals surface area (Å²) in [5, 5.41) is 3.54. The van der Waals surface area contributed by atoms with Crippen LogP contribution in [0, 0.1) is 0 Å². The summed E-state index contributed by atoms with van der Waals surface area (Å²) in [7, 11) is -3.07. The quantitative estimate of drug-likeness (QED) is 0.859. The van der Waals surface area contributed by atoms with Crippen molar-refractivity contribution in [3.8, 4) is 0 Å². The second-order valence-corrected chi connectivity index (χ2v) is 7.37. The van der Waals surface area contributed by atoms with Gasteiger partial charge in [-0.15, -0.1) is 0 Å². The first kappa shape index (κ1) is 13.6. The number of sulfone groups is 1. The SMILES string of the molecule is CCS(=O)(=O)c1ccc(CC(C)NC2CC2)cc1. The standard InChI is InChI=1S/C14H21NO2S/c1-3-18(16,17)14-8-4-12(5-9-14)10-11(2)15-13-6-7-13/h4-5,8-9,11,13,15H,3,6-7,10H2,1-2H3. The van der Waals surface area contributed by atoms with Gasteiger partial charge in [0.1, 0.15) is 0 Å². The molecule has 1 N–H and O–H groups in total. The molecule has 0 saturated heterocycles. The van der Waals surface area contributed by atoms with E-state index in [0.717, 1.165) is 6.42 Å². The predicted molar refractivity (Wildman–Crippen MR) is 73.5 cm³/mol. The lowest BCUT2D eigenvalue weighted by molar-refractivity contribution is 0.542. The van der Waals surface area contributed by atoms with Crippen molar-refractivity contribution in [2.24, 2.45) is 0 Å². The van der Waals surface area contributed by atoms with Crippen LogP contribution < -0.4 is 5.32 Å². The van der Waals surface area contributed by atoms with E-state index in [2.05, 4.69) is 12.2 Å².